The summed E-state index contributed by atoms with van der Waals surface area (Å²) >= 11 is 6.71. The first-order valence-electron chi connectivity index (χ1n) is 5.11. The molecule has 0 bridgehead atoms. The Balaban J connectivity index is 2.68. The lowest BCUT2D eigenvalue weighted by molar-refractivity contribution is 0.0979. The molecule has 16 heavy (non-hydrogen) atoms. The summed E-state index contributed by atoms with van der Waals surface area (Å²) in [5, 5.41) is 0.948. The van der Waals surface area contributed by atoms with Crippen LogP contribution in [-0.4, -0.2) is 18.2 Å². The summed E-state index contributed by atoms with van der Waals surface area (Å²) in [6.07, 6.45) is 2.54. The van der Waals surface area contributed by atoms with E-state index in [9.17, 15) is 4.79 Å². The van der Waals surface area contributed by atoms with Crippen LogP contribution in [0.25, 0.3) is 0 Å². The van der Waals surface area contributed by atoms with Crippen LogP contribution in [0.3, 0.4) is 0 Å². The Morgan fingerprint density at radius 3 is 2.75 bits per heavy atom. The SMILES string of the molecule is COc1cc(C(=O)CCCCBr)ccc1Br. The normalized spacial score (nSPS) is 10.2. The summed E-state index contributed by atoms with van der Waals surface area (Å²) < 4.78 is 6.02. The summed E-state index contributed by atoms with van der Waals surface area (Å²) in [7, 11) is 1.60. The zero-order valence-electron chi connectivity index (χ0n) is 9.13. The average Bonchev–Trinajstić information content (AvgIpc) is 2.30. The van der Waals surface area contributed by atoms with Gasteiger partial charge < -0.3 is 4.74 Å². The molecule has 4 heteroatoms. The van der Waals surface area contributed by atoms with Crippen molar-refractivity contribution in [1.29, 1.82) is 0 Å². The van der Waals surface area contributed by atoms with Crippen molar-refractivity contribution >= 4 is 37.6 Å². The van der Waals surface area contributed by atoms with Gasteiger partial charge in [0, 0.05) is 17.3 Å². The van der Waals surface area contributed by atoms with Gasteiger partial charge in [-0.2, -0.15) is 0 Å². The summed E-state index contributed by atoms with van der Waals surface area (Å²) in [6.45, 7) is 0. The van der Waals surface area contributed by atoms with E-state index in [1.165, 1.54) is 0 Å². The minimum Gasteiger partial charge on any atom is -0.496 e. The van der Waals surface area contributed by atoms with E-state index in [0.717, 1.165) is 28.2 Å². The van der Waals surface area contributed by atoms with Crippen molar-refractivity contribution in [2.75, 3.05) is 12.4 Å². The molecule has 1 rings (SSSR count). The molecule has 0 fully saturated rings. The van der Waals surface area contributed by atoms with E-state index in [4.69, 9.17) is 4.74 Å². The Morgan fingerprint density at radius 1 is 1.38 bits per heavy atom. The molecule has 2 nitrogen and oxygen atoms in total. The fourth-order valence-corrected chi connectivity index (χ4v) is 2.16. The number of halogens is 2. The van der Waals surface area contributed by atoms with Gasteiger partial charge in [0.15, 0.2) is 5.78 Å². The second-order valence-corrected chi connectivity index (χ2v) is 5.07. The van der Waals surface area contributed by atoms with Crippen molar-refractivity contribution in [2.24, 2.45) is 0 Å². The molecule has 0 atom stereocenters. The highest BCUT2D eigenvalue weighted by Crippen LogP contribution is 2.26. The number of Topliss-reactive ketones (excluding diaryl/α,β-unsaturated/α-hetero) is 1. The fraction of sp³-hybridized carbons (Fsp3) is 0.417. The maximum Gasteiger partial charge on any atom is 0.163 e. The highest BCUT2D eigenvalue weighted by molar-refractivity contribution is 9.10. The minimum absolute atomic E-state index is 0.173. The largest absolute Gasteiger partial charge is 0.496 e. The number of carbonyl (C=O) groups is 1. The van der Waals surface area contributed by atoms with Gasteiger partial charge in [0.05, 0.1) is 11.6 Å². The molecule has 0 spiro atoms. The second kappa shape index (κ2) is 7.07. The van der Waals surface area contributed by atoms with E-state index in [1.54, 1.807) is 13.2 Å². The van der Waals surface area contributed by atoms with Crippen LogP contribution in [0.4, 0.5) is 0 Å². The molecule has 1 aromatic carbocycles. The maximum atomic E-state index is 11.8. The lowest BCUT2D eigenvalue weighted by Crippen LogP contribution is -2.00. The van der Waals surface area contributed by atoms with Crippen LogP contribution in [0.2, 0.25) is 0 Å². The third-order valence-electron chi connectivity index (χ3n) is 2.26. The Labute approximate surface area is 113 Å². The summed E-state index contributed by atoms with van der Waals surface area (Å²) in [4.78, 5) is 11.8. The van der Waals surface area contributed by atoms with E-state index in [2.05, 4.69) is 31.9 Å². The van der Waals surface area contributed by atoms with Gasteiger partial charge in [0.25, 0.3) is 0 Å². The molecule has 0 amide bonds. The molecule has 0 aliphatic rings. The van der Waals surface area contributed by atoms with Crippen molar-refractivity contribution in [3.05, 3.63) is 28.2 Å². The molecule has 0 heterocycles. The van der Waals surface area contributed by atoms with Crippen LogP contribution in [0.1, 0.15) is 29.6 Å². The van der Waals surface area contributed by atoms with Crippen LogP contribution in [-0.2, 0) is 0 Å². The van der Waals surface area contributed by atoms with Gasteiger partial charge in [-0.3, -0.25) is 4.79 Å². The Morgan fingerprint density at radius 2 is 2.12 bits per heavy atom. The van der Waals surface area contributed by atoms with Crippen molar-refractivity contribution < 1.29 is 9.53 Å². The molecule has 88 valence electrons. The molecule has 0 aromatic heterocycles. The molecular weight excluding hydrogens is 336 g/mol. The van der Waals surface area contributed by atoms with Gasteiger partial charge in [-0.15, -0.1) is 0 Å². The molecule has 0 saturated carbocycles. The first kappa shape index (κ1) is 13.7. The Kier molecular flexibility index (Phi) is 6.06. The molecule has 0 N–H and O–H groups in total. The van der Waals surface area contributed by atoms with E-state index in [1.807, 2.05) is 12.1 Å². The molecule has 1 aromatic rings. The van der Waals surface area contributed by atoms with E-state index in [-0.39, 0.29) is 5.78 Å². The number of hydrogen-bond acceptors (Lipinski definition) is 2. The van der Waals surface area contributed by atoms with Crippen LogP contribution >= 0.6 is 31.9 Å². The third kappa shape index (κ3) is 3.91. The van der Waals surface area contributed by atoms with Gasteiger partial charge in [-0.05, 0) is 40.9 Å². The Bertz CT molecular complexity index is 364. The van der Waals surface area contributed by atoms with Crippen molar-refractivity contribution in [1.82, 2.24) is 0 Å². The van der Waals surface area contributed by atoms with Crippen LogP contribution in [0, 0.1) is 0 Å². The number of rotatable bonds is 6. The number of hydrogen-bond donors (Lipinski definition) is 0. The van der Waals surface area contributed by atoms with Gasteiger partial charge in [0.1, 0.15) is 5.75 Å². The van der Waals surface area contributed by atoms with Crippen LogP contribution in [0.5, 0.6) is 5.75 Å². The van der Waals surface area contributed by atoms with E-state index >= 15 is 0 Å². The third-order valence-corrected chi connectivity index (χ3v) is 3.48. The number of benzene rings is 1. The van der Waals surface area contributed by atoms with Crippen LogP contribution in [0.15, 0.2) is 22.7 Å². The number of unbranched alkanes of at least 4 members (excludes halogenated alkanes) is 1. The van der Waals surface area contributed by atoms with Gasteiger partial charge in [-0.1, -0.05) is 22.0 Å². The van der Waals surface area contributed by atoms with E-state index < -0.39 is 0 Å². The quantitative estimate of drug-likeness (QED) is 0.437. The minimum atomic E-state index is 0.173. The number of ether oxygens (including phenoxy) is 1. The van der Waals surface area contributed by atoms with Gasteiger partial charge in [0.2, 0.25) is 0 Å². The average molecular weight is 350 g/mol. The Hall–Kier alpha value is -0.350. The molecule has 0 unspecified atom stereocenters. The van der Waals surface area contributed by atoms with Crippen molar-refractivity contribution in [2.45, 2.75) is 19.3 Å². The fourth-order valence-electron chi connectivity index (χ4n) is 1.36. The zero-order valence-corrected chi connectivity index (χ0v) is 12.3. The zero-order chi connectivity index (χ0) is 12.0. The van der Waals surface area contributed by atoms with Gasteiger partial charge >= 0.3 is 0 Å². The van der Waals surface area contributed by atoms with Crippen molar-refractivity contribution in [3.63, 3.8) is 0 Å². The molecule has 0 radical (unpaired) electrons. The first-order chi connectivity index (χ1) is 7.69. The topological polar surface area (TPSA) is 26.3 Å². The lowest BCUT2D eigenvalue weighted by atomic mass is 10.1. The van der Waals surface area contributed by atoms with Crippen LogP contribution < -0.4 is 4.74 Å². The standard InChI is InChI=1S/C12H14Br2O2/c1-16-12-8-9(5-6-10(12)14)11(15)4-2-3-7-13/h5-6,8H,2-4,7H2,1H3. The summed E-state index contributed by atoms with van der Waals surface area (Å²) in [5.41, 5.74) is 0.717. The monoisotopic (exact) mass is 348 g/mol. The number of methoxy groups -OCH3 is 1. The highest BCUT2D eigenvalue weighted by atomic mass is 79.9. The smallest absolute Gasteiger partial charge is 0.163 e. The lowest BCUT2D eigenvalue weighted by Gasteiger charge is -2.05. The predicted molar refractivity (Wildman–Crippen MR) is 72.7 cm³/mol. The molecule has 0 aliphatic heterocycles. The number of alkyl halides is 1. The number of ketones is 1. The van der Waals surface area contributed by atoms with Gasteiger partial charge in [-0.25, -0.2) is 0 Å². The first-order valence-corrected chi connectivity index (χ1v) is 7.03. The summed E-state index contributed by atoms with van der Waals surface area (Å²) in [5.74, 6) is 0.873. The maximum absolute atomic E-state index is 11.8. The van der Waals surface area contributed by atoms with Crippen molar-refractivity contribution in [3.8, 4) is 5.75 Å². The predicted octanol–water partition coefficient (Wildman–Crippen LogP) is 4.21. The second-order valence-electron chi connectivity index (χ2n) is 3.42. The molecule has 0 saturated heterocycles. The highest BCUT2D eigenvalue weighted by Gasteiger charge is 2.08. The molecule has 0 aliphatic carbocycles. The number of carbonyl (C=O) groups excluding carboxylic acids is 1. The summed E-state index contributed by atoms with van der Waals surface area (Å²) in [6, 6.07) is 5.44. The molecular formula is C12H14Br2O2. The van der Waals surface area contributed by atoms with E-state index in [0.29, 0.717) is 12.2 Å².